The van der Waals surface area contributed by atoms with Crippen LogP contribution in [0.15, 0.2) is 0 Å². The Morgan fingerprint density at radius 2 is 1.68 bits per heavy atom. The summed E-state index contributed by atoms with van der Waals surface area (Å²) < 4.78 is 0.522. The lowest BCUT2D eigenvalue weighted by Crippen LogP contribution is -2.39. The Hall–Kier alpha value is 0.310. The van der Waals surface area contributed by atoms with E-state index in [2.05, 4.69) is 37.8 Å². The van der Waals surface area contributed by atoms with Gasteiger partial charge in [-0.15, -0.1) is 0 Å². The Bertz CT molecular complexity index is 201. The molecule has 0 saturated carbocycles. The average Bonchev–Trinajstić information content (AvgIpc) is 2.83. The monoisotopic (exact) mass is 285 g/mol. The largest absolute Gasteiger partial charge is 0.313 e. The van der Waals surface area contributed by atoms with Gasteiger partial charge in [0.2, 0.25) is 0 Å². The predicted molar refractivity (Wildman–Crippen MR) is 90.2 cm³/mol. The Balaban J connectivity index is 2.25. The molecular weight excluding hydrogens is 250 g/mol. The fourth-order valence-electron chi connectivity index (χ4n) is 2.97. The van der Waals surface area contributed by atoms with Crippen LogP contribution in [0.4, 0.5) is 0 Å². The first-order valence-corrected chi connectivity index (χ1v) is 9.56. The van der Waals surface area contributed by atoms with Crippen LogP contribution >= 0.6 is 11.8 Å². The summed E-state index contributed by atoms with van der Waals surface area (Å²) in [5.74, 6) is 1.37. The molecule has 1 aliphatic heterocycles. The lowest BCUT2D eigenvalue weighted by molar-refractivity contribution is 0.396. The van der Waals surface area contributed by atoms with Crippen molar-refractivity contribution < 1.29 is 0 Å². The summed E-state index contributed by atoms with van der Waals surface area (Å²) in [7, 11) is 0. The molecule has 0 amide bonds. The Morgan fingerprint density at radius 3 is 2.16 bits per heavy atom. The molecule has 0 aromatic carbocycles. The first kappa shape index (κ1) is 17.4. The molecule has 1 heterocycles. The molecular formula is C17H35NS. The van der Waals surface area contributed by atoms with Crippen LogP contribution in [0.3, 0.4) is 0 Å². The summed E-state index contributed by atoms with van der Waals surface area (Å²) in [4.78, 5) is 0. The number of hydrogen-bond acceptors (Lipinski definition) is 2. The summed E-state index contributed by atoms with van der Waals surface area (Å²) in [6, 6.07) is 0.774. The van der Waals surface area contributed by atoms with E-state index in [1.807, 2.05) is 0 Å². The molecule has 1 unspecified atom stereocenters. The fraction of sp³-hybridized carbons (Fsp3) is 1.00. The molecule has 1 rings (SSSR count). The first-order chi connectivity index (χ1) is 9.20. The maximum absolute atomic E-state index is 3.90. The van der Waals surface area contributed by atoms with Crippen molar-refractivity contribution in [2.75, 3.05) is 12.3 Å². The van der Waals surface area contributed by atoms with Gasteiger partial charge in [-0.1, -0.05) is 52.4 Å². The minimum atomic E-state index is 0.522. The molecule has 114 valence electrons. The van der Waals surface area contributed by atoms with Crippen molar-refractivity contribution in [2.45, 2.75) is 95.8 Å². The van der Waals surface area contributed by atoms with Crippen molar-refractivity contribution in [1.29, 1.82) is 0 Å². The van der Waals surface area contributed by atoms with Gasteiger partial charge in [0.1, 0.15) is 0 Å². The van der Waals surface area contributed by atoms with Crippen molar-refractivity contribution in [3.63, 3.8) is 0 Å². The zero-order chi connectivity index (χ0) is 14.0. The van der Waals surface area contributed by atoms with Gasteiger partial charge >= 0.3 is 0 Å². The van der Waals surface area contributed by atoms with E-state index < -0.39 is 0 Å². The van der Waals surface area contributed by atoms with Gasteiger partial charge in [-0.25, -0.2) is 0 Å². The minimum absolute atomic E-state index is 0.522. The van der Waals surface area contributed by atoms with E-state index in [9.17, 15) is 0 Å². The zero-order valence-corrected chi connectivity index (χ0v) is 14.3. The average molecular weight is 286 g/mol. The van der Waals surface area contributed by atoms with Crippen LogP contribution in [0, 0.1) is 0 Å². The second-order valence-electron chi connectivity index (χ2n) is 6.47. The highest BCUT2D eigenvalue weighted by Gasteiger charge is 2.29. The van der Waals surface area contributed by atoms with E-state index in [-0.39, 0.29) is 0 Å². The van der Waals surface area contributed by atoms with Gasteiger partial charge < -0.3 is 5.32 Å². The summed E-state index contributed by atoms with van der Waals surface area (Å²) >= 11 is 2.18. The van der Waals surface area contributed by atoms with Crippen molar-refractivity contribution in [3.8, 4) is 0 Å². The second kappa shape index (κ2) is 10.1. The number of nitrogens with one attached hydrogen (secondary N) is 1. The van der Waals surface area contributed by atoms with Gasteiger partial charge in [-0.05, 0) is 38.4 Å². The summed E-state index contributed by atoms with van der Waals surface area (Å²) in [6.07, 6.45) is 13.9. The highest BCUT2D eigenvalue weighted by atomic mass is 32.2. The SMILES string of the molecule is CCCCCC(CCCCC)NCC1(C)CCCS1. The topological polar surface area (TPSA) is 12.0 Å². The van der Waals surface area contributed by atoms with Crippen LogP contribution in [-0.4, -0.2) is 23.1 Å². The van der Waals surface area contributed by atoms with E-state index >= 15 is 0 Å². The Kier molecular flexibility index (Phi) is 9.23. The molecule has 0 aromatic heterocycles. The van der Waals surface area contributed by atoms with Gasteiger partial charge in [0.25, 0.3) is 0 Å². The smallest absolute Gasteiger partial charge is 0.0256 e. The van der Waals surface area contributed by atoms with Gasteiger partial charge in [-0.2, -0.15) is 11.8 Å². The lowest BCUT2D eigenvalue weighted by atomic mass is 10.00. The maximum atomic E-state index is 3.90. The van der Waals surface area contributed by atoms with Crippen molar-refractivity contribution in [3.05, 3.63) is 0 Å². The van der Waals surface area contributed by atoms with Crippen LogP contribution < -0.4 is 5.32 Å². The van der Waals surface area contributed by atoms with Gasteiger partial charge in [0, 0.05) is 17.3 Å². The summed E-state index contributed by atoms with van der Waals surface area (Å²) in [6.45, 7) is 8.28. The fourth-order valence-corrected chi connectivity index (χ4v) is 4.22. The van der Waals surface area contributed by atoms with E-state index in [1.54, 1.807) is 0 Å². The van der Waals surface area contributed by atoms with Crippen LogP contribution in [0.2, 0.25) is 0 Å². The van der Waals surface area contributed by atoms with E-state index in [0.29, 0.717) is 4.75 Å². The molecule has 0 spiro atoms. The minimum Gasteiger partial charge on any atom is -0.313 e. The van der Waals surface area contributed by atoms with Crippen LogP contribution in [0.25, 0.3) is 0 Å². The number of rotatable bonds is 11. The van der Waals surface area contributed by atoms with Crippen LogP contribution in [0.5, 0.6) is 0 Å². The van der Waals surface area contributed by atoms with Gasteiger partial charge in [0.05, 0.1) is 0 Å². The van der Waals surface area contributed by atoms with Crippen LogP contribution in [-0.2, 0) is 0 Å². The third kappa shape index (κ3) is 7.60. The molecule has 1 nitrogen and oxygen atoms in total. The van der Waals surface area contributed by atoms with Gasteiger partial charge in [0.15, 0.2) is 0 Å². The Labute approximate surface area is 125 Å². The molecule has 0 aromatic rings. The number of unbranched alkanes of at least 4 members (excludes halogenated alkanes) is 4. The molecule has 2 heteroatoms. The normalized spacial score (nSPS) is 23.4. The lowest BCUT2D eigenvalue weighted by Gasteiger charge is -2.27. The van der Waals surface area contributed by atoms with Crippen molar-refractivity contribution in [1.82, 2.24) is 5.32 Å². The molecule has 1 saturated heterocycles. The third-order valence-corrected chi connectivity index (χ3v) is 5.92. The summed E-state index contributed by atoms with van der Waals surface area (Å²) in [5, 5.41) is 3.90. The van der Waals surface area contributed by atoms with Crippen LogP contribution in [0.1, 0.15) is 85.0 Å². The van der Waals surface area contributed by atoms with Gasteiger partial charge in [-0.3, -0.25) is 0 Å². The second-order valence-corrected chi connectivity index (χ2v) is 8.15. The van der Waals surface area contributed by atoms with Crippen molar-refractivity contribution in [2.24, 2.45) is 0 Å². The molecule has 1 N–H and O–H groups in total. The molecule has 19 heavy (non-hydrogen) atoms. The number of thioether (sulfide) groups is 1. The van der Waals surface area contributed by atoms with E-state index in [0.717, 1.165) is 6.04 Å². The van der Waals surface area contributed by atoms with E-state index in [1.165, 1.54) is 76.5 Å². The molecule has 0 radical (unpaired) electrons. The third-order valence-electron chi connectivity index (χ3n) is 4.38. The zero-order valence-electron chi connectivity index (χ0n) is 13.5. The first-order valence-electron chi connectivity index (χ1n) is 8.57. The van der Waals surface area contributed by atoms with E-state index in [4.69, 9.17) is 0 Å². The molecule has 1 atom stereocenters. The maximum Gasteiger partial charge on any atom is 0.0256 e. The van der Waals surface area contributed by atoms with Crippen molar-refractivity contribution >= 4 is 11.8 Å². The highest BCUT2D eigenvalue weighted by Crippen LogP contribution is 2.37. The standard InChI is InChI=1S/C17H35NS/c1-4-6-8-11-16(12-9-7-5-2)18-15-17(3)13-10-14-19-17/h16,18H,4-15H2,1-3H3. The summed E-state index contributed by atoms with van der Waals surface area (Å²) in [5.41, 5.74) is 0. The highest BCUT2D eigenvalue weighted by molar-refractivity contribution is 8.00. The Morgan fingerprint density at radius 1 is 1.05 bits per heavy atom. The number of hydrogen-bond donors (Lipinski definition) is 1. The molecule has 1 aliphatic rings. The molecule has 0 bridgehead atoms. The molecule has 1 fully saturated rings. The predicted octanol–water partition coefficient (Wildman–Crippen LogP) is 5.39. The molecule has 0 aliphatic carbocycles. The quantitative estimate of drug-likeness (QED) is 0.511.